The van der Waals surface area contributed by atoms with Gasteiger partial charge in [-0.3, -0.25) is 4.18 Å². The summed E-state index contributed by atoms with van der Waals surface area (Å²) in [5.74, 6) is 0.627. The number of hydrogen-bond donors (Lipinski definition) is 5. The van der Waals surface area contributed by atoms with Crippen molar-refractivity contribution in [3.8, 4) is 0 Å². The zero-order valence-corrected chi connectivity index (χ0v) is 32.8. The minimum Gasteiger partial charge on any atom is -0.726 e. The third-order valence-electron chi connectivity index (χ3n) is 13.3. The van der Waals surface area contributed by atoms with Gasteiger partial charge >= 0.3 is 29.6 Å². The molecule has 282 valence electrons. The van der Waals surface area contributed by atoms with Crippen molar-refractivity contribution in [1.29, 1.82) is 0 Å². The van der Waals surface area contributed by atoms with Crippen LogP contribution in [0.5, 0.6) is 0 Å². The van der Waals surface area contributed by atoms with Crippen molar-refractivity contribution in [2.24, 2.45) is 34.5 Å². The first-order chi connectivity index (χ1) is 23.0. The molecule has 5 fully saturated rings. The van der Waals surface area contributed by atoms with Crippen LogP contribution in [0.2, 0.25) is 0 Å². The van der Waals surface area contributed by atoms with Crippen molar-refractivity contribution in [2.45, 2.75) is 153 Å². The monoisotopic (exact) mass is 742 g/mol. The summed E-state index contributed by atoms with van der Waals surface area (Å²) in [4.78, 5) is 0. The summed E-state index contributed by atoms with van der Waals surface area (Å²) in [6.45, 7) is 7.31. The number of ether oxygens (including phenoxy) is 5. The topological polar surface area (TPSA) is 214 Å². The predicted octanol–water partition coefficient (Wildman–Crippen LogP) is -1.87. The Kier molecular flexibility index (Phi) is 13.0. The summed E-state index contributed by atoms with van der Waals surface area (Å²) in [6, 6.07) is 0. The molecule has 16 heteroatoms. The van der Waals surface area contributed by atoms with Gasteiger partial charge in [0.25, 0.3) is 0 Å². The van der Waals surface area contributed by atoms with Crippen LogP contribution in [0.1, 0.15) is 79.1 Å². The second-order valence-corrected chi connectivity index (χ2v) is 17.0. The zero-order valence-electron chi connectivity index (χ0n) is 30.0. The van der Waals surface area contributed by atoms with Gasteiger partial charge in [-0.05, 0) is 87.4 Å². The number of aliphatic hydroxyl groups excluding tert-OH is 5. The Bertz CT molecular complexity index is 1320. The smallest absolute Gasteiger partial charge is 0.726 e. The van der Waals surface area contributed by atoms with Gasteiger partial charge < -0.3 is 53.8 Å². The van der Waals surface area contributed by atoms with Crippen LogP contribution in [0.25, 0.3) is 0 Å². The summed E-state index contributed by atoms with van der Waals surface area (Å²) < 4.78 is 67.4. The zero-order chi connectivity index (χ0) is 35.6. The molecule has 14 nitrogen and oxygen atoms in total. The van der Waals surface area contributed by atoms with Gasteiger partial charge in [0.05, 0.1) is 37.1 Å². The van der Waals surface area contributed by atoms with Crippen molar-refractivity contribution in [2.75, 3.05) is 13.7 Å². The van der Waals surface area contributed by atoms with Crippen LogP contribution in [0, 0.1) is 34.5 Å². The van der Waals surface area contributed by atoms with E-state index >= 15 is 0 Å². The van der Waals surface area contributed by atoms with Gasteiger partial charge in [0.1, 0.15) is 30.5 Å². The van der Waals surface area contributed by atoms with Gasteiger partial charge in [0.15, 0.2) is 12.6 Å². The second-order valence-electron chi connectivity index (χ2n) is 16.0. The number of allylic oxidation sites excluding steroid dienone is 1. The molecule has 0 bridgehead atoms. The molecule has 5 N–H and O–H groups in total. The molecule has 0 radical (unpaired) electrons. The Hall–Kier alpha value is 0.210. The number of hydrogen-bond acceptors (Lipinski definition) is 14. The average molecular weight is 743 g/mol. The van der Waals surface area contributed by atoms with Crippen LogP contribution in [0.4, 0.5) is 0 Å². The Labute approximate surface area is 317 Å². The molecule has 2 heterocycles. The van der Waals surface area contributed by atoms with E-state index in [2.05, 4.69) is 24.1 Å². The molecule has 2 saturated heterocycles. The van der Waals surface area contributed by atoms with E-state index in [0.29, 0.717) is 24.7 Å². The van der Waals surface area contributed by atoms with E-state index in [9.17, 15) is 38.5 Å². The molecule has 1 unspecified atom stereocenters. The minimum absolute atomic E-state index is 0. The van der Waals surface area contributed by atoms with Crippen LogP contribution < -0.4 is 29.6 Å². The Morgan fingerprint density at radius 2 is 1.70 bits per heavy atom. The Morgan fingerprint density at radius 3 is 2.36 bits per heavy atom. The normalized spacial score (nSPS) is 49.9. The van der Waals surface area contributed by atoms with Gasteiger partial charge in [0.2, 0.25) is 10.4 Å². The first kappa shape index (κ1) is 41.4. The van der Waals surface area contributed by atoms with Crippen LogP contribution >= 0.6 is 0 Å². The molecule has 0 spiro atoms. The molecular weight excluding hydrogens is 687 g/mol. The van der Waals surface area contributed by atoms with E-state index in [4.69, 9.17) is 23.7 Å². The predicted molar refractivity (Wildman–Crippen MR) is 170 cm³/mol. The molecule has 6 rings (SSSR count). The van der Waals surface area contributed by atoms with Gasteiger partial charge in [0, 0.05) is 19.4 Å². The molecule has 18 atom stereocenters. The summed E-state index contributed by atoms with van der Waals surface area (Å²) in [5, 5.41) is 53.2. The third kappa shape index (κ3) is 7.82. The standard InChI is InChI=1S/C34H56O14S.Na/c1-16(35)27-23(47-32-31(39)30(38)29(37)25(48-32)15-44-49(40,41)42)13-22-20-7-6-18-12-19(46-26-14-24(43-5)28(36)17(2)45-26)8-10-33(18,3)21(20)9-11-34(22,27)4;/h6,16-17,19-32,35-39H,7-15H2,1-5H3,(H,40,41,42);/q;+1/p-1/t16?,17-,19+,20-,21+,22+,23-,24-,25-,26+,27+,28-,29-,30+,31-,32-,33+,34+;/m1./s1. The fourth-order valence-electron chi connectivity index (χ4n) is 10.8. The Morgan fingerprint density at radius 1 is 0.980 bits per heavy atom. The first-order valence-electron chi connectivity index (χ1n) is 17.8. The molecule has 4 aliphatic carbocycles. The van der Waals surface area contributed by atoms with E-state index < -0.39 is 72.3 Å². The molecule has 0 amide bonds. The minimum atomic E-state index is -5.09. The first-order valence-corrected chi connectivity index (χ1v) is 19.1. The maximum Gasteiger partial charge on any atom is 1.00 e. The molecule has 0 aromatic rings. The van der Waals surface area contributed by atoms with Crippen LogP contribution in [0.15, 0.2) is 11.6 Å². The summed E-state index contributed by atoms with van der Waals surface area (Å²) in [6.07, 6.45) is -2.26. The van der Waals surface area contributed by atoms with Crippen molar-refractivity contribution >= 4 is 10.4 Å². The van der Waals surface area contributed by atoms with Gasteiger partial charge in [-0.2, -0.15) is 0 Å². The van der Waals surface area contributed by atoms with E-state index in [-0.39, 0.29) is 70.5 Å². The van der Waals surface area contributed by atoms with E-state index in [1.165, 1.54) is 5.57 Å². The van der Waals surface area contributed by atoms with Crippen LogP contribution in [0.3, 0.4) is 0 Å². The van der Waals surface area contributed by atoms with Crippen molar-refractivity contribution in [3.63, 3.8) is 0 Å². The van der Waals surface area contributed by atoms with E-state index in [1.54, 1.807) is 14.0 Å². The fourth-order valence-corrected chi connectivity index (χ4v) is 11.1. The van der Waals surface area contributed by atoms with Crippen molar-refractivity contribution in [3.05, 3.63) is 11.6 Å². The third-order valence-corrected chi connectivity index (χ3v) is 13.7. The molecule has 0 aromatic carbocycles. The van der Waals surface area contributed by atoms with Crippen molar-refractivity contribution < 1.29 is 95.9 Å². The van der Waals surface area contributed by atoms with Crippen LogP contribution in [-0.2, 0) is 38.3 Å². The van der Waals surface area contributed by atoms with E-state index in [1.807, 2.05) is 6.92 Å². The number of aliphatic hydroxyl groups is 5. The number of rotatable bonds is 9. The summed E-state index contributed by atoms with van der Waals surface area (Å²) >= 11 is 0. The Balaban J connectivity index is 0.00000486. The van der Waals surface area contributed by atoms with Gasteiger partial charge in [-0.1, -0.05) is 25.5 Å². The summed E-state index contributed by atoms with van der Waals surface area (Å²) in [7, 11) is -3.50. The second kappa shape index (κ2) is 15.8. The molecule has 6 aliphatic rings. The van der Waals surface area contributed by atoms with Gasteiger partial charge in [-0.15, -0.1) is 0 Å². The molecule has 3 saturated carbocycles. The molecule has 2 aliphatic heterocycles. The SMILES string of the molecule is CO[C@@H]1C[C@H](O[C@H]2CC[C@@]3(C)C(=CC[C@H]4[C@@H]5C[C@@H](O[C@@H]6O[C@H](COS(=O)(=O)[O-])[C@@H](O)[C@H](O)[C@H]6O)[C@H](C(C)O)[C@@]5(C)CC[C@@H]43)C2)O[C@H](C)[C@H]1O.[Na+]. The number of fused-ring (bicyclic) bond motifs is 5. The molecular formula is C34H55NaO14S. The van der Waals surface area contributed by atoms with Crippen molar-refractivity contribution in [1.82, 2.24) is 0 Å². The maximum absolute atomic E-state index is 11.2. The number of methoxy groups -OCH3 is 1. The fraction of sp³-hybridized carbons (Fsp3) is 0.941. The average Bonchev–Trinajstić information content (AvgIpc) is 3.34. The molecule has 0 aromatic heterocycles. The molecule has 50 heavy (non-hydrogen) atoms. The maximum atomic E-state index is 11.2. The van der Waals surface area contributed by atoms with E-state index in [0.717, 1.165) is 38.5 Å². The van der Waals surface area contributed by atoms with Gasteiger partial charge in [-0.25, -0.2) is 8.42 Å². The quantitative estimate of drug-likeness (QED) is 0.0758. The summed E-state index contributed by atoms with van der Waals surface area (Å²) in [5.41, 5.74) is 1.13. The largest absolute Gasteiger partial charge is 1.00 e. The van der Waals surface area contributed by atoms with Crippen LogP contribution in [-0.4, -0.2) is 126 Å².